The Labute approximate surface area is 136 Å². The third-order valence-corrected chi connectivity index (χ3v) is 3.55. The van der Waals surface area contributed by atoms with Crippen LogP contribution in [0.2, 0.25) is 0 Å². The van der Waals surface area contributed by atoms with Crippen LogP contribution in [0.1, 0.15) is 31.2 Å². The van der Waals surface area contributed by atoms with Gasteiger partial charge in [-0.15, -0.1) is 0 Å². The molecule has 0 aliphatic rings. The number of aromatic nitrogens is 3. The first-order valence-electron chi connectivity index (χ1n) is 7.84. The molecule has 0 radical (unpaired) electrons. The van der Waals surface area contributed by atoms with Crippen LogP contribution in [0.5, 0.6) is 0 Å². The molecule has 114 valence electrons. The zero-order valence-electron chi connectivity index (χ0n) is 13.4. The molecule has 1 N–H and O–H groups in total. The lowest BCUT2D eigenvalue weighted by Gasteiger charge is -2.03. The van der Waals surface area contributed by atoms with Crippen molar-refractivity contribution >= 4 is 0 Å². The number of hydrogen-bond donors (Lipinski definition) is 1. The predicted molar refractivity (Wildman–Crippen MR) is 93.8 cm³/mol. The molecule has 2 heterocycles. The highest BCUT2D eigenvalue weighted by Gasteiger charge is 2.13. The third kappa shape index (κ3) is 3.49. The number of aryl methyl sites for hydroxylation is 1. The summed E-state index contributed by atoms with van der Waals surface area (Å²) in [5.74, 6) is 6.99. The SMILES string of the molecule is CCCC#Cc1nc(-c2cccc(C)c2)c(-c2ccncc2)[nH]1. The molecule has 0 aliphatic carbocycles. The Bertz CT molecular complexity index is 851. The summed E-state index contributed by atoms with van der Waals surface area (Å²) in [4.78, 5) is 12.2. The van der Waals surface area contributed by atoms with Crippen molar-refractivity contribution in [2.45, 2.75) is 26.7 Å². The topological polar surface area (TPSA) is 41.6 Å². The minimum atomic E-state index is 0.710. The summed E-state index contributed by atoms with van der Waals surface area (Å²) in [5, 5.41) is 0. The van der Waals surface area contributed by atoms with Crippen LogP contribution in [0.25, 0.3) is 22.5 Å². The Kier molecular flexibility index (Phi) is 4.54. The van der Waals surface area contributed by atoms with Gasteiger partial charge >= 0.3 is 0 Å². The van der Waals surface area contributed by atoms with Crippen LogP contribution in [0, 0.1) is 18.8 Å². The zero-order valence-corrected chi connectivity index (χ0v) is 13.4. The molecule has 1 aromatic carbocycles. The lowest BCUT2D eigenvalue weighted by Crippen LogP contribution is -1.85. The van der Waals surface area contributed by atoms with Gasteiger partial charge in [-0.3, -0.25) is 4.98 Å². The van der Waals surface area contributed by atoms with E-state index in [-0.39, 0.29) is 0 Å². The van der Waals surface area contributed by atoms with E-state index < -0.39 is 0 Å². The number of nitrogens with one attached hydrogen (secondary N) is 1. The van der Waals surface area contributed by atoms with Crippen LogP contribution >= 0.6 is 0 Å². The van der Waals surface area contributed by atoms with Crippen molar-refractivity contribution in [3.05, 3.63) is 60.2 Å². The summed E-state index contributed by atoms with van der Waals surface area (Å²) in [6.45, 7) is 4.21. The van der Waals surface area contributed by atoms with E-state index in [2.05, 4.69) is 59.9 Å². The molecule has 0 fully saturated rings. The molecule has 0 spiro atoms. The van der Waals surface area contributed by atoms with Crippen molar-refractivity contribution in [2.75, 3.05) is 0 Å². The second-order valence-corrected chi connectivity index (χ2v) is 5.47. The van der Waals surface area contributed by atoms with Crippen molar-refractivity contribution < 1.29 is 0 Å². The molecule has 3 nitrogen and oxygen atoms in total. The van der Waals surface area contributed by atoms with Crippen molar-refractivity contribution in [1.82, 2.24) is 15.0 Å². The van der Waals surface area contributed by atoms with Gasteiger partial charge in [0.2, 0.25) is 0 Å². The number of H-pyrrole nitrogens is 1. The molecule has 0 bridgehead atoms. The Hall–Kier alpha value is -2.86. The van der Waals surface area contributed by atoms with Gasteiger partial charge in [0.15, 0.2) is 5.82 Å². The summed E-state index contributed by atoms with van der Waals surface area (Å²) in [6, 6.07) is 12.3. The molecule has 0 unspecified atom stereocenters. The molecule has 2 aromatic heterocycles. The zero-order chi connectivity index (χ0) is 16.1. The monoisotopic (exact) mass is 301 g/mol. The standard InChI is InChI=1S/C20H19N3/c1-3-4-5-9-18-22-19(16-10-12-21-13-11-16)20(23-18)17-8-6-7-15(2)14-17/h6-8,10-14H,3-4H2,1-2H3,(H,22,23). The van der Waals surface area contributed by atoms with E-state index in [0.29, 0.717) is 5.82 Å². The van der Waals surface area contributed by atoms with Crippen LogP contribution in [0.15, 0.2) is 48.8 Å². The molecule has 0 saturated heterocycles. The fraction of sp³-hybridized carbons (Fsp3) is 0.200. The van der Waals surface area contributed by atoms with Gasteiger partial charge in [0.05, 0.1) is 11.4 Å². The molecule has 0 saturated carbocycles. The highest BCUT2D eigenvalue weighted by molar-refractivity contribution is 5.79. The summed E-state index contributed by atoms with van der Waals surface area (Å²) >= 11 is 0. The van der Waals surface area contributed by atoms with Gasteiger partial charge in [-0.05, 0) is 37.5 Å². The van der Waals surface area contributed by atoms with Gasteiger partial charge in [0, 0.05) is 29.9 Å². The lowest BCUT2D eigenvalue weighted by atomic mass is 10.0. The number of hydrogen-bond acceptors (Lipinski definition) is 2. The first-order valence-corrected chi connectivity index (χ1v) is 7.84. The van der Waals surface area contributed by atoms with Crippen molar-refractivity contribution in [3.63, 3.8) is 0 Å². The van der Waals surface area contributed by atoms with Crippen molar-refractivity contribution in [3.8, 4) is 34.4 Å². The van der Waals surface area contributed by atoms with E-state index in [1.807, 2.05) is 12.1 Å². The minimum absolute atomic E-state index is 0.710. The Morgan fingerprint density at radius 3 is 2.65 bits per heavy atom. The van der Waals surface area contributed by atoms with Gasteiger partial charge in [-0.25, -0.2) is 4.98 Å². The van der Waals surface area contributed by atoms with E-state index in [1.54, 1.807) is 12.4 Å². The van der Waals surface area contributed by atoms with E-state index in [0.717, 1.165) is 35.4 Å². The maximum Gasteiger partial charge on any atom is 0.183 e. The number of pyridine rings is 1. The third-order valence-electron chi connectivity index (χ3n) is 3.55. The second-order valence-electron chi connectivity index (χ2n) is 5.47. The Morgan fingerprint density at radius 1 is 1.09 bits per heavy atom. The largest absolute Gasteiger partial charge is 0.331 e. The number of unbranched alkanes of at least 4 members (excludes halogenated alkanes) is 1. The highest BCUT2D eigenvalue weighted by Crippen LogP contribution is 2.30. The van der Waals surface area contributed by atoms with E-state index >= 15 is 0 Å². The van der Waals surface area contributed by atoms with E-state index in [9.17, 15) is 0 Å². The summed E-state index contributed by atoms with van der Waals surface area (Å²) < 4.78 is 0. The minimum Gasteiger partial charge on any atom is -0.331 e. The van der Waals surface area contributed by atoms with Crippen molar-refractivity contribution in [2.24, 2.45) is 0 Å². The maximum atomic E-state index is 4.72. The van der Waals surface area contributed by atoms with Crippen LogP contribution in [0.3, 0.4) is 0 Å². The van der Waals surface area contributed by atoms with Crippen LogP contribution in [-0.4, -0.2) is 15.0 Å². The molecule has 3 aromatic rings. The van der Waals surface area contributed by atoms with Gasteiger partial charge in [0.25, 0.3) is 0 Å². The van der Waals surface area contributed by atoms with Gasteiger partial charge < -0.3 is 4.98 Å². The number of aromatic amines is 1. The summed E-state index contributed by atoms with van der Waals surface area (Å²) in [7, 11) is 0. The number of imidazole rings is 1. The van der Waals surface area contributed by atoms with E-state index in [4.69, 9.17) is 4.98 Å². The quantitative estimate of drug-likeness (QED) is 0.718. The van der Waals surface area contributed by atoms with Gasteiger partial charge in [-0.1, -0.05) is 36.6 Å². The summed E-state index contributed by atoms with van der Waals surface area (Å²) in [6.07, 6.45) is 5.51. The van der Waals surface area contributed by atoms with Gasteiger partial charge in [-0.2, -0.15) is 0 Å². The molecule has 0 amide bonds. The number of rotatable bonds is 3. The average molecular weight is 301 g/mol. The van der Waals surface area contributed by atoms with Crippen LogP contribution in [-0.2, 0) is 0 Å². The highest BCUT2D eigenvalue weighted by atomic mass is 14.9. The molecule has 23 heavy (non-hydrogen) atoms. The molecule has 0 aliphatic heterocycles. The van der Waals surface area contributed by atoms with E-state index in [1.165, 1.54) is 5.56 Å². The normalized spacial score (nSPS) is 10.2. The first-order chi connectivity index (χ1) is 11.3. The fourth-order valence-corrected chi connectivity index (χ4v) is 2.43. The Balaban J connectivity index is 2.11. The lowest BCUT2D eigenvalue weighted by molar-refractivity contribution is 0.982. The first kappa shape index (κ1) is 15.1. The molecular formula is C20H19N3. The van der Waals surface area contributed by atoms with Gasteiger partial charge in [0.1, 0.15) is 0 Å². The number of benzene rings is 1. The van der Waals surface area contributed by atoms with Crippen LogP contribution in [0.4, 0.5) is 0 Å². The Morgan fingerprint density at radius 2 is 1.91 bits per heavy atom. The fourth-order valence-electron chi connectivity index (χ4n) is 2.43. The smallest absolute Gasteiger partial charge is 0.183 e. The van der Waals surface area contributed by atoms with Crippen LogP contribution < -0.4 is 0 Å². The average Bonchev–Trinajstić information content (AvgIpc) is 3.00. The molecule has 3 heteroatoms. The van der Waals surface area contributed by atoms with Crippen molar-refractivity contribution in [1.29, 1.82) is 0 Å². The molecule has 3 rings (SSSR count). The predicted octanol–water partition coefficient (Wildman–Crippen LogP) is 4.60. The summed E-state index contributed by atoms with van der Waals surface area (Å²) in [5.41, 5.74) is 5.29. The number of nitrogens with zero attached hydrogens (tertiary/aromatic N) is 2. The second kappa shape index (κ2) is 6.93. The molecule has 0 atom stereocenters. The molecular weight excluding hydrogens is 282 g/mol. The maximum absolute atomic E-state index is 4.72.